The number of nitriles is 2. The summed E-state index contributed by atoms with van der Waals surface area (Å²) in [5.74, 6) is -0.346. The molecule has 142 valence electrons. The fourth-order valence-corrected chi connectivity index (χ4v) is 3.51. The highest BCUT2D eigenvalue weighted by Crippen LogP contribution is 2.39. The summed E-state index contributed by atoms with van der Waals surface area (Å²) in [6.45, 7) is 1.69. The summed E-state index contributed by atoms with van der Waals surface area (Å²) in [5, 5.41) is 20.2. The molecule has 1 aromatic heterocycles. The molecule has 3 rings (SSSR count). The molecule has 1 heterocycles. The van der Waals surface area contributed by atoms with Gasteiger partial charge in [-0.2, -0.15) is 10.5 Å². The molecule has 0 unspecified atom stereocenters. The Morgan fingerprint density at radius 1 is 1.00 bits per heavy atom. The van der Waals surface area contributed by atoms with Gasteiger partial charge in [-0.3, -0.25) is 9.98 Å². The van der Waals surface area contributed by atoms with Gasteiger partial charge in [0.1, 0.15) is 18.0 Å². The Kier molecular flexibility index (Phi) is 6.24. The van der Waals surface area contributed by atoms with Crippen molar-refractivity contribution in [1.82, 2.24) is 4.98 Å². The van der Waals surface area contributed by atoms with Crippen LogP contribution in [0.2, 0.25) is 10.0 Å². The van der Waals surface area contributed by atoms with E-state index in [0.717, 1.165) is 0 Å². The molecule has 4 nitrogen and oxygen atoms in total. The molecule has 0 aliphatic heterocycles. The standard InChI is InChI=1S/C22H13Cl2FN4/c1-13-16(11-26)21(22-18(23)3-2-4-19(22)24)17(12-27)20(29-13)9-10-28-15-7-5-14(25)6-8-15/h2-8,10H,9H2,1H3. The molecule has 7 heteroatoms. The van der Waals surface area contributed by atoms with Gasteiger partial charge in [0, 0.05) is 33.8 Å². The lowest BCUT2D eigenvalue weighted by atomic mass is 9.92. The minimum absolute atomic E-state index is 0.215. The number of hydrogen-bond acceptors (Lipinski definition) is 4. The summed E-state index contributed by atoms with van der Waals surface area (Å²) in [4.78, 5) is 8.69. The normalized spacial score (nSPS) is 10.7. The van der Waals surface area contributed by atoms with Crippen LogP contribution < -0.4 is 0 Å². The minimum Gasteiger partial charge on any atom is -0.261 e. The van der Waals surface area contributed by atoms with Crippen molar-refractivity contribution in [2.75, 3.05) is 0 Å². The third-order valence-electron chi connectivity index (χ3n) is 4.24. The van der Waals surface area contributed by atoms with Gasteiger partial charge in [-0.1, -0.05) is 29.3 Å². The molecule has 0 atom stereocenters. The predicted molar refractivity (Wildman–Crippen MR) is 112 cm³/mol. The van der Waals surface area contributed by atoms with Crippen molar-refractivity contribution in [3.63, 3.8) is 0 Å². The van der Waals surface area contributed by atoms with E-state index in [-0.39, 0.29) is 23.4 Å². The number of halogens is 3. The van der Waals surface area contributed by atoms with E-state index in [1.807, 2.05) is 0 Å². The topological polar surface area (TPSA) is 72.8 Å². The van der Waals surface area contributed by atoms with Crippen molar-refractivity contribution in [1.29, 1.82) is 10.5 Å². The first kappa shape index (κ1) is 20.5. The maximum absolute atomic E-state index is 13.0. The van der Waals surface area contributed by atoms with Crippen LogP contribution in [0.15, 0.2) is 47.5 Å². The first-order chi connectivity index (χ1) is 14.0. The van der Waals surface area contributed by atoms with Crippen molar-refractivity contribution < 1.29 is 4.39 Å². The van der Waals surface area contributed by atoms with E-state index in [1.54, 1.807) is 43.5 Å². The maximum Gasteiger partial charge on any atom is 0.123 e. The number of aromatic nitrogens is 1. The largest absolute Gasteiger partial charge is 0.261 e. The number of aliphatic imine (C=N–C) groups is 1. The van der Waals surface area contributed by atoms with Gasteiger partial charge in [-0.05, 0) is 43.3 Å². The average molecular weight is 423 g/mol. The van der Waals surface area contributed by atoms with Gasteiger partial charge in [-0.25, -0.2) is 4.39 Å². The van der Waals surface area contributed by atoms with Crippen molar-refractivity contribution in [3.8, 4) is 23.3 Å². The van der Waals surface area contributed by atoms with Gasteiger partial charge >= 0.3 is 0 Å². The molecule has 0 aliphatic rings. The zero-order valence-electron chi connectivity index (χ0n) is 15.2. The van der Waals surface area contributed by atoms with E-state index >= 15 is 0 Å². The first-order valence-electron chi connectivity index (χ1n) is 8.52. The van der Waals surface area contributed by atoms with E-state index in [4.69, 9.17) is 23.2 Å². The van der Waals surface area contributed by atoms with Crippen LogP contribution in [0, 0.1) is 35.4 Å². The van der Waals surface area contributed by atoms with Crippen LogP contribution in [0.5, 0.6) is 0 Å². The SMILES string of the molecule is Cc1nc(CC=Nc2ccc(F)cc2)c(C#N)c(-c2c(Cl)cccc2Cl)c1C#N. The van der Waals surface area contributed by atoms with Crippen LogP contribution in [-0.4, -0.2) is 11.2 Å². The van der Waals surface area contributed by atoms with Gasteiger partial charge in [0.05, 0.1) is 28.2 Å². The highest BCUT2D eigenvalue weighted by molar-refractivity contribution is 6.39. The van der Waals surface area contributed by atoms with E-state index in [9.17, 15) is 14.9 Å². The fourth-order valence-electron chi connectivity index (χ4n) is 2.92. The van der Waals surface area contributed by atoms with Gasteiger partial charge < -0.3 is 0 Å². The van der Waals surface area contributed by atoms with E-state index in [0.29, 0.717) is 38.2 Å². The van der Waals surface area contributed by atoms with Crippen molar-refractivity contribution in [2.45, 2.75) is 13.3 Å². The number of pyridine rings is 1. The second-order valence-corrected chi connectivity index (χ2v) is 6.90. The monoisotopic (exact) mass is 422 g/mol. The third-order valence-corrected chi connectivity index (χ3v) is 4.87. The van der Waals surface area contributed by atoms with Crippen LogP contribution in [0.4, 0.5) is 10.1 Å². The molecule has 0 saturated carbocycles. The summed E-state index contributed by atoms with van der Waals surface area (Å²) in [5.41, 5.74) is 2.73. The van der Waals surface area contributed by atoms with Crippen molar-refractivity contribution in [2.24, 2.45) is 4.99 Å². The molecule has 0 bridgehead atoms. The quantitative estimate of drug-likeness (QED) is 0.470. The number of benzene rings is 2. The predicted octanol–water partition coefficient (Wildman–Crippen LogP) is 6.19. The molecule has 0 radical (unpaired) electrons. The van der Waals surface area contributed by atoms with E-state index in [1.165, 1.54) is 12.1 Å². The molecule has 0 N–H and O–H groups in total. The Balaban J connectivity index is 2.13. The number of rotatable bonds is 4. The number of aryl methyl sites for hydroxylation is 1. The Labute approximate surface area is 177 Å². The summed E-state index contributed by atoms with van der Waals surface area (Å²) in [6, 6.07) is 14.9. The lowest BCUT2D eigenvalue weighted by molar-refractivity contribution is 0.628. The third kappa shape index (κ3) is 4.27. The van der Waals surface area contributed by atoms with Gasteiger partial charge in [0.15, 0.2) is 0 Å². The Morgan fingerprint density at radius 3 is 2.21 bits per heavy atom. The molecule has 0 aliphatic carbocycles. The maximum atomic E-state index is 13.0. The molecule has 0 saturated heterocycles. The molecular formula is C22H13Cl2FN4. The van der Waals surface area contributed by atoms with Crippen LogP contribution in [0.1, 0.15) is 22.5 Å². The van der Waals surface area contributed by atoms with Crippen molar-refractivity contribution in [3.05, 3.63) is 80.8 Å². The summed E-state index contributed by atoms with van der Waals surface area (Å²) in [7, 11) is 0. The number of nitrogens with zero attached hydrogens (tertiary/aromatic N) is 4. The Hall–Kier alpha value is -3.25. The lowest BCUT2D eigenvalue weighted by Gasteiger charge is -2.15. The van der Waals surface area contributed by atoms with Crippen LogP contribution in [0.25, 0.3) is 11.1 Å². The lowest BCUT2D eigenvalue weighted by Crippen LogP contribution is -2.05. The zero-order chi connectivity index (χ0) is 21.0. The second-order valence-electron chi connectivity index (χ2n) is 6.08. The zero-order valence-corrected chi connectivity index (χ0v) is 16.8. The molecule has 0 spiro atoms. The van der Waals surface area contributed by atoms with E-state index in [2.05, 4.69) is 22.1 Å². The summed E-state index contributed by atoms with van der Waals surface area (Å²) in [6.07, 6.45) is 1.82. The first-order valence-corrected chi connectivity index (χ1v) is 9.28. The van der Waals surface area contributed by atoms with Crippen LogP contribution >= 0.6 is 23.2 Å². The molecule has 3 aromatic rings. The van der Waals surface area contributed by atoms with Gasteiger partial charge in [0.25, 0.3) is 0 Å². The average Bonchev–Trinajstić information content (AvgIpc) is 2.69. The molecule has 29 heavy (non-hydrogen) atoms. The highest BCUT2D eigenvalue weighted by Gasteiger charge is 2.22. The second kappa shape index (κ2) is 8.84. The van der Waals surface area contributed by atoms with Crippen molar-refractivity contribution >= 4 is 35.1 Å². The molecule has 2 aromatic carbocycles. The smallest absolute Gasteiger partial charge is 0.123 e. The number of hydrogen-bond donors (Lipinski definition) is 0. The minimum atomic E-state index is -0.346. The molecule has 0 amide bonds. The van der Waals surface area contributed by atoms with Gasteiger partial charge in [0.2, 0.25) is 0 Å². The Morgan fingerprint density at radius 2 is 1.62 bits per heavy atom. The van der Waals surface area contributed by atoms with Crippen LogP contribution in [0.3, 0.4) is 0 Å². The Bertz CT molecular complexity index is 1170. The van der Waals surface area contributed by atoms with Crippen LogP contribution in [-0.2, 0) is 6.42 Å². The summed E-state index contributed by atoms with van der Waals surface area (Å²) < 4.78 is 13.0. The molecule has 0 fully saturated rings. The fraction of sp³-hybridized carbons (Fsp3) is 0.0909. The highest BCUT2D eigenvalue weighted by atomic mass is 35.5. The van der Waals surface area contributed by atoms with Gasteiger partial charge in [-0.15, -0.1) is 0 Å². The molecular weight excluding hydrogens is 410 g/mol. The van der Waals surface area contributed by atoms with E-state index < -0.39 is 0 Å². The summed E-state index contributed by atoms with van der Waals surface area (Å²) >= 11 is 12.7.